The molecule has 1 aromatic rings. The average Bonchev–Trinajstić information content (AvgIpc) is 2.93. The summed E-state index contributed by atoms with van der Waals surface area (Å²) >= 11 is 3.44. The zero-order chi connectivity index (χ0) is 11.9. The topological polar surface area (TPSA) is 37.3 Å². The highest BCUT2D eigenvalue weighted by molar-refractivity contribution is 9.10. The fraction of sp³-hybridized carbons (Fsp3) is 0.462. The van der Waals surface area contributed by atoms with E-state index in [1.807, 2.05) is 26.0 Å². The smallest absolute Gasteiger partial charge is 0.311 e. The first kappa shape index (κ1) is 11.6. The van der Waals surface area contributed by atoms with Crippen molar-refractivity contribution in [3.63, 3.8) is 0 Å². The van der Waals surface area contributed by atoms with E-state index >= 15 is 0 Å². The molecule has 0 saturated heterocycles. The molecular formula is C13H15BrO2. The molecule has 1 aliphatic rings. The summed E-state index contributed by atoms with van der Waals surface area (Å²) in [6.07, 6.45) is 2.10. The molecule has 3 heteroatoms. The number of hydrogen-bond acceptors (Lipinski definition) is 1. The third-order valence-electron chi connectivity index (χ3n) is 3.23. The van der Waals surface area contributed by atoms with Gasteiger partial charge in [0.05, 0.1) is 5.92 Å². The Morgan fingerprint density at radius 3 is 2.25 bits per heavy atom. The minimum Gasteiger partial charge on any atom is -0.481 e. The molecule has 1 fully saturated rings. The van der Waals surface area contributed by atoms with E-state index in [9.17, 15) is 9.90 Å². The van der Waals surface area contributed by atoms with Crippen LogP contribution in [0, 0.1) is 19.8 Å². The van der Waals surface area contributed by atoms with Crippen molar-refractivity contribution in [1.29, 1.82) is 0 Å². The maximum atomic E-state index is 11.4. The first-order valence-corrected chi connectivity index (χ1v) is 6.29. The Kier molecular flexibility index (Phi) is 3.06. The molecule has 2 rings (SSSR count). The van der Waals surface area contributed by atoms with Gasteiger partial charge in [0.25, 0.3) is 0 Å². The molecule has 1 aromatic carbocycles. The van der Waals surface area contributed by atoms with Gasteiger partial charge in [-0.15, -0.1) is 0 Å². The van der Waals surface area contributed by atoms with Gasteiger partial charge in [0.1, 0.15) is 0 Å². The molecule has 1 aliphatic carbocycles. The lowest BCUT2D eigenvalue weighted by Crippen LogP contribution is -2.16. The van der Waals surface area contributed by atoms with Crippen LogP contribution in [0.2, 0.25) is 0 Å². The SMILES string of the molecule is Cc1cc(Br)cc(C)c1C(C(=O)O)C1CC1. The molecule has 2 nitrogen and oxygen atoms in total. The molecule has 1 N–H and O–H groups in total. The van der Waals surface area contributed by atoms with Crippen LogP contribution < -0.4 is 0 Å². The maximum absolute atomic E-state index is 11.4. The van der Waals surface area contributed by atoms with Crippen molar-refractivity contribution in [2.45, 2.75) is 32.6 Å². The van der Waals surface area contributed by atoms with Gasteiger partial charge in [-0.2, -0.15) is 0 Å². The Morgan fingerprint density at radius 1 is 1.38 bits per heavy atom. The molecule has 0 heterocycles. The van der Waals surface area contributed by atoms with Crippen molar-refractivity contribution in [3.05, 3.63) is 33.3 Å². The average molecular weight is 283 g/mol. The molecule has 1 unspecified atom stereocenters. The van der Waals surface area contributed by atoms with Crippen LogP contribution >= 0.6 is 15.9 Å². The molecule has 16 heavy (non-hydrogen) atoms. The summed E-state index contributed by atoms with van der Waals surface area (Å²) in [6.45, 7) is 3.98. The fourth-order valence-electron chi connectivity index (χ4n) is 2.40. The van der Waals surface area contributed by atoms with E-state index in [0.717, 1.165) is 34.0 Å². The number of aliphatic carboxylic acids is 1. The molecule has 0 aromatic heterocycles. The second-order valence-electron chi connectivity index (χ2n) is 4.61. The quantitative estimate of drug-likeness (QED) is 0.919. The lowest BCUT2D eigenvalue weighted by atomic mass is 9.87. The van der Waals surface area contributed by atoms with Gasteiger partial charge in [-0.05, 0) is 61.4 Å². The molecule has 1 saturated carbocycles. The van der Waals surface area contributed by atoms with Crippen LogP contribution in [0.5, 0.6) is 0 Å². The lowest BCUT2D eigenvalue weighted by molar-refractivity contribution is -0.139. The maximum Gasteiger partial charge on any atom is 0.311 e. The van der Waals surface area contributed by atoms with Crippen LogP contribution in [0.3, 0.4) is 0 Å². The predicted octanol–water partition coefficient (Wildman–Crippen LogP) is 3.64. The summed E-state index contributed by atoms with van der Waals surface area (Å²) in [6, 6.07) is 4.00. The van der Waals surface area contributed by atoms with Crippen molar-refractivity contribution >= 4 is 21.9 Å². The third-order valence-corrected chi connectivity index (χ3v) is 3.69. The Bertz CT molecular complexity index is 413. The first-order chi connectivity index (χ1) is 7.50. The lowest BCUT2D eigenvalue weighted by Gasteiger charge is -2.17. The minimum absolute atomic E-state index is 0.312. The number of hydrogen-bond donors (Lipinski definition) is 1. The van der Waals surface area contributed by atoms with Gasteiger partial charge in [0.2, 0.25) is 0 Å². The van der Waals surface area contributed by atoms with Gasteiger partial charge in [0.15, 0.2) is 0 Å². The van der Waals surface area contributed by atoms with Crippen LogP contribution in [-0.2, 0) is 4.79 Å². The van der Waals surface area contributed by atoms with E-state index in [-0.39, 0.29) is 5.92 Å². The van der Waals surface area contributed by atoms with Gasteiger partial charge in [-0.25, -0.2) is 0 Å². The van der Waals surface area contributed by atoms with Gasteiger partial charge in [-0.3, -0.25) is 4.79 Å². The number of carboxylic acid groups (broad SMARTS) is 1. The molecule has 0 aliphatic heterocycles. The summed E-state index contributed by atoms with van der Waals surface area (Å²) in [7, 11) is 0. The number of halogens is 1. The van der Waals surface area contributed by atoms with E-state index < -0.39 is 5.97 Å². The largest absolute Gasteiger partial charge is 0.481 e. The standard InChI is InChI=1S/C13H15BrO2/c1-7-5-10(14)6-8(2)11(7)12(13(15)16)9-3-4-9/h5-6,9,12H,3-4H2,1-2H3,(H,15,16). The van der Waals surface area contributed by atoms with Crippen molar-refractivity contribution in [3.8, 4) is 0 Å². The highest BCUT2D eigenvalue weighted by atomic mass is 79.9. The Balaban J connectivity index is 2.48. The van der Waals surface area contributed by atoms with Crippen LogP contribution in [-0.4, -0.2) is 11.1 Å². The Hall–Kier alpha value is -0.830. The number of rotatable bonds is 3. The highest BCUT2D eigenvalue weighted by Gasteiger charge is 2.38. The van der Waals surface area contributed by atoms with Crippen molar-refractivity contribution in [1.82, 2.24) is 0 Å². The van der Waals surface area contributed by atoms with E-state index in [2.05, 4.69) is 15.9 Å². The molecule has 1 atom stereocenters. The van der Waals surface area contributed by atoms with Crippen molar-refractivity contribution in [2.24, 2.45) is 5.92 Å². The molecular weight excluding hydrogens is 268 g/mol. The first-order valence-electron chi connectivity index (χ1n) is 5.50. The monoisotopic (exact) mass is 282 g/mol. The van der Waals surface area contributed by atoms with Crippen LogP contribution in [0.15, 0.2) is 16.6 Å². The summed E-state index contributed by atoms with van der Waals surface area (Å²) in [5.41, 5.74) is 3.16. The van der Waals surface area contributed by atoms with E-state index in [4.69, 9.17) is 0 Å². The van der Waals surface area contributed by atoms with Crippen molar-refractivity contribution < 1.29 is 9.90 Å². The van der Waals surface area contributed by atoms with Crippen LogP contribution in [0.25, 0.3) is 0 Å². The second kappa shape index (κ2) is 4.21. The predicted molar refractivity (Wildman–Crippen MR) is 66.7 cm³/mol. The van der Waals surface area contributed by atoms with Crippen LogP contribution in [0.4, 0.5) is 0 Å². The molecule has 0 bridgehead atoms. The fourth-order valence-corrected chi connectivity index (χ4v) is 3.09. The van der Waals surface area contributed by atoms with E-state index in [0.29, 0.717) is 5.92 Å². The summed E-state index contributed by atoms with van der Waals surface area (Å²) in [4.78, 5) is 11.4. The summed E-state index contributed by atoms with van der Waals surface area (Å²) in [5.74, 6) is -0.653. The van der Waals surface area contributed by atoms with Gasteiger partial charge in [0, 0.05) is 4.47 Å². The van der Waals surface area contributed by atoms with Crippen LogP contribution in [0.1, 0.15) is 35.4 Å². The zero-order valence-corrected chi connectivity index (χ0v) is 11.0. The number of aryl methyl sites for hydroxylation is 2. The number of carboxylic acids is 1. The Labute approximate surface area is 104 Å². The molecule has 86 valence electrons. The van der Waals surface area contributed by atoms with Crippen molar-refractivity contribution in [2.75, 3.05) is 0 Å². The van der Waals surface area contributed by atoms with Gasteiger partial charge in [-0.1, -0.05) is 15.9 Å². The highest BCUT2D eigenvalue weighted by Crippen LogP contribution is 2.45. The number of benzene rings is 1. The normalized spacial score (nSPS) is 17.2. The zero-order valence-electron chi connectivity index (χ0n) is 9.46. The molecule has 0 amide bonds. The van der Waals surface area contributed by atoms with Gasteiger partial charge < -0.3 is 5.11 Å². The molecule has 0 radical (unpaired) electrons. The van der Waals surface area contributed by atoms with E-state index in [1.54, 1.807) is 0 Å². The van der Waals surface area contributed by atoms with E-state index in [1.165, 1.54) is 0 Å². The number of carbonyl (C=O) groups is 1. The van der Waals surface area contributed by atoms with Gasteiger partial charge >= 0.3 is 5.97 Å². The second-order valence-corrected chi connectivity index (χ2v) is 5.52. The minimum atomic E-state index is -0.684. The summed E-state index contributed by atoms with van der Waals surface area (Å²) in [5, 5.41) is 9.34. The third kappa shape index (κ3) is 2.14. The molecule has 0 spiro atoms. The Morgan fingerprint density at radius 2 is 1.88 bits per heavy atom. The summed E-state index contributed by atoms with van der Waals surface area (Å²) < 4.78 is 1.02.